The fourth-order valence-corrected chi connectivity index (χ4v) is 3.04. The van der Waals surface area contributed by atoms with Crippen molar-refractivity contribution in [2.24, 2.45) is 17.8 Å². The second-order valence-electron chi connectivity index (χ2n) is 5.50. The monoisotopic (exact) mass is 269 g/mol. The van der Waals surface area contributed by atoms with E-state index in [0.717, 1.165) is 5.69 Å². The topological polar surface area (TPSA) is 31.4 Å². The number of alkyl halides is 2. The molecule has 0 bridgehead atoms. The first kappa shape index (κ1) is 12.6. The fourth-order valence-electron chi connectivity index (χ4n) is 3.04. The molecule has 5 heteroatoms. The van der Waals surface area contributed by atoms with Gasteiger partial charge in [-0.3, -0.25) is 0 Å². The summed E-state index contributed by atoms with van der Waals surface area (Å²) in [5.74, 6) is -1.95. The molecule has 0 amide bonds. The summed E-state index contributed by atoms with van der Waals surface area (Å²) in [5.41, 5.74) is 0.853. The highest BCUT2D eigenvalue weighted by atomic mass is 19.3. The molecule has 2 aliphatic carbocycles. The van der Waals surface area contributed by atoms with Crippen molar-refractivity contribution in [2.75, 3.05) is 13.7 Å². The van der Waals surface area contributed by atoms with Gasteiger partial charge in [-0.2, -0.15) is 0 Å². The summed E-state index contributed by atoms with van der Waals surface area (Å²) in [6.45, 7) is 2.34. The normalized spacial score (nSPS) is 30.8. The van der Waals surface area contributed by atoms with E-state index in [1.54, 1.807) is 7.11 Å². The van der Waals surface area contributed by atoms with Crippen LogP contribution < -0.4 is 9.47 Å². The summed E-state index contributed by atoms with van der Waals surface area (Å²) in [5, 5.41) is 0. The molecule has 19 heavy (non-hydrogen) atoms. The molecule has 1 aromatic heterocycles. The van der Waals surface area contributed by atoms with Crippen molar-refractivity contribution in [2.45, 2.75) is 25.7 Å². The third-order valence-electron chi connectivity index (χ3n) is 4.17. The minimum absolute atomic E-state index is 0.223. The van der Waals surface area contributed by atoms with Crippen LogP contribution in [-0.2, 0) is 0 Å². The zero-order valence-electron chi connectivity index (χ0n) is 11.0. The molecule has 2 unspecified atom stereocenters. The Labute approximate surface area is 110 Å². The molecule has 0 N–H and O–H groups in total. The molecule has 2 saturated carbocycles. The second-order valence-corrected chi connectivity index (χ2v) is 5.50. The van der Waals surface area contributed by atoms with Crippen LogP contribution in [0.5, 0.6) is 11.6 Å². The number of nitrogens with zero attached hydrogens (tertiary/aromatic N) is 1. The van der Waals surface area contributed by atoms with E-state index in [9.17, 15) is 8.78 Å². The van der Waals surface area contributed by atoms with E-state index in [4.69, 9.17) is 9.47 Å². The molecule has 1 heterocycles. The third kappa shape index (κ3) is 2.15. The van der Waals surface area contributed by atoms with Crippen molar-refractivity contribution in [3.8, 4) is 11.6 Å². The first-order chi connectivity index (χ1) is 9.02. The van der Waals surface area contributed by atoms with Crippen molar-refractivity contribution in [1.82, 2.24) is 4.98 Å². The van der Waals surface area contributed by atoms with Crippen LogP contribution in [0.15, 0.2) is 12.1 Å². The van der Waals surface area contributed by atoms with E-state index >= 15 is 0 Å². The predicted molar refractivity (Wildman–Crippen MR) is 65.7 cm³/mol. The Balaban J connectivity index is 1.56. The number of fused-ring (bicyclic) bond motifs is 1. The van der Waals surface area contributed by atoms with E-state index < -0.39 is 17.8 Å². The highest BCUT2D eigenvalue weighted by Crippen LogP contribution is 2.65. The van der Waals surface area contributed by atoms with Crippen molar-refractivity contribution in [1.29, 1.82) is 0 Å². The lowest BCUT2D eigenvalue weighted by atomic mass is 10.0. The zero-order valence-corrected chi connectivity index (χ0v) is 11.0. The number of hydrogen-bond acceptors (Lipinski definition) is 3. The summed E-state index contributed by atoms with van der Waals surface area (Å²) in [6.07, 6.45) is 1.14. The van der Waals surface area contributed by atoms with Gasteiger partial charge in [-0.05, 0) is 37.8 Å². The van der Waals surface area contributed by atoms with Gasteiger partial charge in [0, 0.05) is 17.5 Å². The van der Waals surface area contributed by atoms with Gasteiger partial charge in [0.1, 0.15) is 0 Å². The van der Waals surface area contributed by atoms with Crippen LogP contribution >= 0.6 is 0 Å². The van der Waals surface area contributed by atoms with Crippen LogP contribution in [0.25, 0.3) is 0 Å². The summed E-state index contributed by atoms with van der Waals surface area (Å²) in [7, 11) is 1.54. The largest absolute Gasteiger partial charge is 0.488 e. The molecular weight excluding hydrogens is 252 g/mol. The molecule has 0 saturated heterocycles. The number of halogens is 2. The maximum absolute atomic E-state index is 13.1. The number of ether oxygens (including phenoxy) is 2. The number of hydrogen-bond donors (Lipinski definition) is 0. The maximum Gasteiger partial charge on any atom is 0.256 e. The number of aromatic nitrogens is 1. The van der Waals surface area contributed by atoms with Gasteiger partial charge < -0.3 is 9.47 Å². The molecule has 3 nitrogen and oxygen atoms in total. The van der Waals surface area contributed by atoms with E-state index in [-0.39, 0.29) is 5.92 Å². The van der Waals surface area contributed by atoms with Gasteiger partial charge >= 0.3 is 0 Å². The standard InChI is InChI=1S/C14H17F2NO2/c1-8-3-4-12(13(17-8)18-2)19-7-9-5-10-11(6-9)14(10,15)16/h3-4,9-11H,5-7H2,1-2H3. The van der Waals surface area contributed by atoms with Crippen molar-refractivity contribution < 1.29 is 18.3 Å². The number of aryl methyl sites for hydroxylation is 1. The fraction of sp³-hybridized carbons (Fsp3) is 0.643. The number of rotatable bonds is 4. The average Bonchev–Trinajstić information content (AvgIpc) is 2.79. The average molecular weight is 269 g/mol. The Kier molecular flexibility index (Phi) is 2.87. The summed E-state index contributed by atoms with van der Waals surface area (Å²) in [6, 6.07) is 3.66. The van der Waals surface area contributed by atoms with Crippen LogP contribution in [0.4, 0.5) is 8.78 Å². The first-order valence-electron chi connectivity index (χ1n) is 6.54. The SMILES string of the molecule is COc1nc(C)ccc1OCC1CC2C(C1)C2(F)F. The molecular formula is C14H17F2NO2. The highest BCUT2D eigenvalue weighted by molar-refractivity contribution is 5.34. The van der Waals surface area contributed by atoms with Crippen molar-refractivity contribution in [3.05, 3.63) is 17.8 Å². The molecule has 2 atom stereocenters. The number of pyridine rings is 1. The van der Waals surface area contributed by atoms with E-state index in [1.807, 2.05) is 19.1 Å². The summed E-state index contributed by atoms with van der Waals surface area (Å²) < 4.78 is 37.0. The molecule has 0 radical (unpaired) electrons. The molecule has 2 fully saturated rings. The van der Waals surface area contributed by atoms with Crippen LogP contribution in [0.2, 0.25) is 0 Å². The molecule has 2 aliphatic rings. The van der Waals surface area contributed by atoms with Gasteiger partial charge in [0.25, 0.3) is 11.8 Å². The van der Waals surface area contributed by atoms with Crippen LogP contribution in [-0.4, -0.2) is 24.6 Å². The van der Waals surface area contributed by atoms with Gasteiger partial charge in [-0.15, -0.1) is 0 Å². The molecule has 0 aromatic carbocycles. The van der Waals surface area contributed by atoms with Crippen LogP contribution in [0.3, 0.4) is 0 Å². The van der Waals surface area contributed by atoms with Crippen LogP contribution in [0.1, 0.15) is 18.5 Å². The molecule has 104 valence electrons. The second kappa shape index (κ2) is 4.32. The predicted octanol–water partition coefficient (Wildman–Crippen LogP) is 3.07. The number of methoxy groups -OCH3 is 1. The molecule has 3 rings (SSSR count). The molecule has 0 aliphatic heterocycles. The zero-order chi connectivity index (χ0) is 13.6. The van der Waals surface area contributed by atoms with E-state index in [1.165, 1.54) is 0 Å². The van der Waals surface area contributed by atoms with Crippen molar-refractivity contribution in [3.63, 3.8) is 0 Å². The quantitative estimate of drug-likeness (QED) is 0.841. The summed E-state index contributed by atoms with van der Waals surface area (Å²) >= 11 is 0. The first-order valence-corrected chi connectivity index (χ1v) is 6.54. The third-order valence-corrected chi connectivity index (χ3v) is 4.17. The minimum Gasteiger partial charge on any atom is -0.488 e. The maximum atomic E-state index is 13.1. The lowest BCUT2D eigenvalue weighted by Crippen LogP contribution is -2.15. The Bertz CT molecular complexity index is 478. The Hall–Kier alpha value is -1.39. The lowest BCUT2D eigenvalue weighted by molar-refractivity contribution is 0.0578. The highest BCUT2D eigenvalue weighted by Gasteiger charge is 2.71. The van der Waals surface area contributed by atoms with Gasteiger partial charge in [0.05, 0.1) is 13.7 Å². The molecule has 0 spiro atoms. The van der Waals surface area contributed by atoms with Gasteiger partial charge in [0.2, 0.25) is 0 Å². The minimum atomic E-state index is -2.40. The van der Waals surface area contributed by atoms with Gasteiger partial charge in [0.15, 0.2) is 5.75 Å². The lowest BCUT2D eigenvalue weighted by Gasteiger charge is -2.16. The smallest absolute Gasteiger partial charge is 0.256 e. The van der Waals surface area contributed by atoms with E-state index in [2.05, 4.69) is 4.98 Å². The van der Waals surface area contributed by atoms with Gasteiger partial charge in [-0.25, -0.2) is 13.8 Å². The molecule has 1 aromatic rings. The Morgan fingerprint density at radius 1 is 1.32 bits per heavy atom. The van der Waals surface area contributed by atoms with Crippen molar-refractivity contribution >= 4 is 0 Å². The van der Waals surface area contributed by atoms with Gasteiger partial charge in [-0.1, -0.05) is 0 Å². The Morgan fingerprint density at radius 2 is 2.00 bits per heavy atom. The van der Waals surface area contributed by atoms with E-state index in [0.29, 0.717) is 31.1 Å². The Morgan fingerprint density at radius 3 is 2.63 bits per heavy atom. The summed E-state index contributed by atoms with van der Waals surface area (Å²) in [4.78, 5) is 4.22. The van der Waals surface area contributed by atoms with Crippen LogP contribution in [0, 0.1) is 24.7 Å².